The zero-order valence-electron chi connectivity index (χ0n) is 28.4. The first-order valence-corrected chi connectivity index (χ1v) is 19.4. The molecule has 0 radical (unpaired) electrons. The molecule has 2 bridgehead atoms. The van der Waals surface area contributed by atoms with E-state index in [0.29, 0.717) is 25.6 Å². The maximum Gasteiger partial charge on any atom is 0.390 e. The first kappa shape index (κ1) is 33.6. The molecule has 2 aliphatic carbocycles. The number of fused-ring (bicyclic) bond motifs is 10. The van der Waals surface area contributed by atoms with Gasteiger partial charge in [0.2, 0.25) is 15.9 Å². The Kier molecular flexibility index (Phi) is 8.05. The number of sulfonamides is 1. The maximum atomic E-state index is 14.9. The number of carbonyl (C=O) groups is 2. The molecule has 9 nitrogen and oxygen atoms in total. The fourth-order valence-electron chi connectivity index (χ4n) is 9.50. The Bertz CT molecular complexity index is 1990. The highest BCUT2D eigenvalue weighted by Gasteiger charge is 2.65. The average molecular weight is 713 g/mol. The van der Waals surface area contributed by atoms with Crippen LogP contribution in [-0.4, -0.2) is 85.9 Å². The van der Waals surface area contributed by atoms with Crippen molar-refractivity contribution in [2.45, 2.75) is 94.4 Å². The molecule has 2 amide bonds. The largest absolute Gasteiger partial charge is 0.497 e. The topological polar surface area (TPSA) is 101 Å². The van der Waals surface area contributed by atoms with Crippen LogP contribution in [0.5, 0.6) is 5.75 Å². The van der Waals surface area contributed by atoms with Gasteiger partial charge in [-0.25, -0.2) is 13.1 Å². The molecule has 9 rings (SSSR count). The Morgan fingerprint density at radius 3 is 2.44 bits per heavy atom. The van der Waals surface area contributed by atoms with Crippen molar-refractivity contribution < 1.29 is 35.9 Å². The first-order valence-electron chi connectivity index (χ1n) is 17.8. The van der Waals surface area contributed by atoms with Crippen LogP contribution in [-0.2, 0) is 21.4 Å². The molecule has 1 N–H and O–H groups in total. The van der Waals surface area contributed by atoms with Crippen LogP contribution in [0.25, 0.3) is 22.2 Å². The first-order chi connectivity index (χ1) is 23.8. The number of amides is 2. The number of methoxy groups -OCH3 is 1. The number of likely N-dealkylation sites (N-methyl/N-ethyl adjacent to an activating group) is 1. The molecular weight excluding hydrogens is 669 g/mol. The Labute approximate surface area is 290 Å². The SMILES string of the molecule is COc1ccc2c(c1)C1CC1(C(=O)N1CC3CCC1CN3C)Cn1c-2c(C2CCCCC2)c2ccc(C(=O)NS(=O)(=O)CCC(F)(F)F)cc21. The fourth-order valence-corrected chi connectivity index (χ4v) is 10.5. The van der Waals surface area contributed by atoms with Gasteiger partial charge in [-0.05, 0) is 86.5 Å². The van der Waals surface area contributed by atoms with Gasteiger partial charge >= 0.3 is 6.18 Å². The van der Waals surface area contributed by atoms with Crippen LogP contribution < -0.4 is 9.46 Å². The number of aromatic nitrogens is 1. The van der Waals surface area contributed by atoms with Crippen molar-refractivity contribution in [1.29, 1.82) is 0 Å². The summed E-state index contributed by atoms with van der Waals surface area (Å²) in [5.41, 5.74) is 4.40. The van der Waals surface area contributed by atoms with Gasteiger partial charge in [0.1, 0.15) is 5.75 Å². The number of ether oxygens (including phenoxy) is 1. The summed E-state index contributed by atoms with van der Waals surface area (Å²) in [7, 11) is -0.759. The van der Waals surface area contributed by atoms with Gasteiger partial charge in [-0.15, -0.1) is 0 Å². The molecule has 0 spiro atoms. The molecule has 4 atom stereocenters. The standard InChI is InChI=1S/C37H43F3N4O5S/c1-42-19-25-10-9-24(42)20-43(25)35(46)36-18-30(36)29-17-26(49-2)11-13-27(29)33-32(22-6-4-3-5-7-22)28-12-8-23(16-31(28)44(33)21-36)34(45)41-50(47,48)15-14-37(38,39)40/h8,11-13,16-17,22,24-25,30H,3-7,9-10,14-15,18-21H2,1-2H3,(H,41,45). The summed E-state index contributed by atoms with van der Waals surface area (Å²) >= 11 is 0. The summed E-state index contributed by atoms with van der Waals surface area (Å²) in [5, 5.41) is 0.950. The van der Waals surface area contributed by atoms with E-state index in [-0.39, 0.29) is 29.3 Å². The van der Waals surface area contributed by atoms with Crippen molar-refractivity contribution in [3.05, 3.63) is 53.1 Å². The lowest BCUT2D eigenvalue weighted by molar-refractivity contribution is -0.147. The maximum absolute atomic E-state index is 14.9. The molecule has 6 aliphatic rings. The zero-order valence-corrected chi connectivity index (χ0v) is 29.2. The average Bonchev–Trinajstić information content (AvgIpc) is 3.76. The summed E-state index contributed by atoms with van der Waals surface area (Å²) in [4.78, 5) is 32.7. The van der Waals surface area contributed by atoms with Crippen molar-refractivity contribution in [1.82, 2.24) is 19.1 Å². The quantitative estimate of drug-likeness (QED) is 0.315. The second kappa shape index (κ2) is 12.0. The van der Waals surface area contributed by atoms with E-state index in [4.69, 9.17) is 4.74 Å². The predicted molar refractivity (Wildman–Crippen MR) is 183 cm³/mol. The van der Waals surface area contributed by atoms with E-state index >= 15 is 0 Å². The van der Waals surface area contributed by atoms with Crippen molar-refractivity contribution in [2.75, 3.05) is 33.0 Å². The van der Waals surface area contributed by atoms with Gasteiger partial charge in [-0.1, -0.05) is 25.3 Å². The van der Waals surface area contributed by atoms with E-state index in [9.17, 15) is 31.2 Å². The van der Waals surface area contributed by atoms with Gasteiger partial charge < -0.3 is 14.2 Å². The summed E-state index contributed by atoms with van der Waals surface area (Å²) < 4.78 is 73.2. The minimum Gasteiger partial charge on any atom is -0.497 e. The molecule has 3 aromatic rings. The Morgan fingerprint density at radius 2 is 1.76 bits per heavy atom. The van der Waals surface area contributed by atoms with Crippen LogP contribution in [0.3, 0.4) is 0 Å². The molecule has 2 saturated carbocycles. The van der Waals surface area contributed by atoms with Crippen molar-refractivity contribution >= 4 is 32.7 Å². The van der Waals surface area contributed by atoms with Crippen molar-refractivity contribution in [3.63, 3.8) is 0 Å². The molecule has 1 aromatic heterocycles. The molecule has 50 heavy (non-hydrogen) atoms. The highest BCUT2D eigenvalue weighted by atomic mass is 32.2. The molecule has 5 fully saturated rings. The smallest absolute Gasteiger partial charge is 0.390 e. The highest BCUT2D eigenvalue weighted by Crippen LogP contribution is 2.66. The van der Waals surface area contributed by atoms with Crippen LogP contribution in [0.1, 0.15) is 91.1 Å². The summed E-state index contributed by atoms with van der Waals surface area (Å²) in [5.74, 6) is -1.09. The van der Waals surface area contributed by atoms with Crippen LogP contribution in [0.15, 0.2) is 36.4 Å². The second-order valence-electron chi connectivity index (χ2n) is 15.2. The van der Waals surface area contributed by atoms with Gasteiger partial charge in [-0.3, -0.25) is 14.5 Å². The number of piperazine rings is 1. The Hall–Kier alpha value is -3.58. The van der Waals surface area contributed by atoms with Gasteiger partial charge in [0, 0.05) is 59.7 Å². The monoisotopic (exact) mass is 712 g/mol. The molecule has 268 valence electrons. The number of nitrogens with one attached hydrogen (secondary N) is 1. The lowest BCUT2D eigenvalue weighted by Gasteiger charge is -2.51. The van der Waals surface area contributed by atoms with E-state index in [1.807, 2.05) is 16.9 Å². The van der Waals surface area contributed by atoms with E-state index in [1.165, 1.54) is 5.56 Å². The highest BCUT2D eigenvalue weighted by molar-refractivity contribution is 7.90. The van der Waals surface area contributed by atoms with Gasteiger partial charge in [0.25, 0.3) is 5.91 Å². The number of hydrogen-bond acceptors (Lipinski definition) is 6. The number of alkyl halides is 3. The number of carbonyl (C=O) groups excluding carboxylic acids is 2. The van der Waals surface area contributed by atoms with Crippen molar-refractivity contribution in [2.24, 2.45) is 5.41 Å². The van der Waals surface area contributed by atoms with Crippen LogP contribution >= 0.6 is 0 Å². The number of hydrogen-bond donors (Lipinski definition) is 1. The number of halogens is 3. The Morgan fingerprint density at radius 1 is 1.00 bits per heavy atom. The number of piperidine rings is 2. The van der Waals surface area contributed by atoms with E-state index in [2.05, 4.69) is 33.5 Å². The zero-order chi connectivity index (χ0) is 35.2. The molecule has 3 saturated heterocycles. The predicted octanol–water partition coefficient (Wildman–Crippen LogP) is 6.17. The minimum absolute atomic E-state index is 0.0160. The molecule has 4 aliphatic heterocycles. The lowest BCUT2D eigenvalue weighted by atomic mass is 9.81. The Balaban J connectivity index is 1.26. The number of benzene rings is 2. The van der Waals surface area contributed by atoms with Crippen molar-refractivity contribution in [3.8, 4) is 17.0 Å². The molecule has 4 unspecified atom stereocenters. The third-order valence-electron chi connectivity index (χ3n) is 12.2. The minimum atomic E-state index is -4.67. The molecule has 5 heterocycles. The summed E-state index contributed by atoms with van der Waals surface area (Å²) in [6.45, 7) is 1.97. The second-order valence-corrected chi connectivity index (χ2v) is 17.0. The van der Waals surface area contributed by atoms with Crippen LogP contribution in [0, 0.1) is 5.41 Å². The molecular formula is C37H43F3N4O5S. The van der Waals surface area contributed by atoms with Gasteiger partial charge in [-0.2, -0.15) is 13.2 Å². The van der Waals surface area contributed by atoms with Gasteiger partial charge in [0.15, 0.2) is 0 Å². The number of nitrogens with zero attached hydrogens (tertiary/aromatic N) is 3. The van der Waals surface area contributed by atoms with E-state index in [1.54, 1.807) is 19.2 Å². The van der Waals surface area contributed by atoms with E-state index in [0.717, 1.165) is 85.0 Å². The molecule has 2 aromatic carbocycles. The third-order valence-corrected chi connectivity index (χ3v) is 13.4. The van der Waals surface area contributed by atoms with E-state index < -0.39 is 39.7 Å². The molecule has 13 heteroatoms. The normalized spacial score (nSPS) is 26.6. The lowest BCUT2D eigenvalue weighted by Crippen LogP contribution is -2.64. The fraction of sp³-hybridized carbons (Fsp3) is 0.568. The summed E-state index contributed by atoms with van der Waals surface area (Å²) in [6.07, 6.45) is 1.90. The van der Waals surface area contributed by atoms with Crippen LogP contribution in [0.2, 0.25) is 0 Å². The van der Waals surface area contributed by atoms with Crippen LogP contribution in [0.4, 0.5) is 13.2 Å². The van der Waals surface area contributed by atoms with Gasteiger partial charge in [0.05, 0.1) is 30.4 Å². The third kappa shape index (κ3) is 5.68. The number of rotatable bonds is 7. The summed E-state index contributed by atoms with van der Waals surface area (Å²) in [6, 6.07) is 11.7.